The summed E-state index contributed by atoms with van der Waals surface area (Å²) in [6.45, 7) is 9.97. The molecule has 1 aromatic heterocycles. The zero-order chi connectivity index (χ0) is 21.8. The Morgan fingerprint density at radius 2 is 1.70 bits per heavy atom. The Labute approximate surface area is 176 Å². The van der Waals surface area contributed by atoms with Crippen LogP contribution in [0.5, 0.6) is 0 Å². The average Bonchev–Trinajstić information content (AvgIpc) is 3.14. The molecule has 1 saturated heterocycles. The van der Waals surface area contributed by atoms with Gasteiger partial charge in [-0.15, -0.1) is 0 Å². The van der Waals surface area contributed by atoms with Crippen LogP contribution in [-0.4, -0.2) is 28.8 Å². The monoisotopic (exact) mass is 401 g/mol. The highest BCUT2D eigenvalue weighted by molar-refractivity contribution is 6.65. The van der Waals surface area contributed by atoms with Crippen molar-refractivity contribution >= 4 is 29.4 Å². The minimum Gasteiger partial charge on any atom is -0.399 e. The molecule has 0 unspecified atom stereocenters. The Balaban J connectivity index is 1.91. The second-order valence-corrected chi connectivity index (χ2v) is 8.75. The predicted octanol–water partition coefficient (Wildman–Crippen LogP) is 3.21. The van der Waals surface area contributed by atoms with Gasteiger partial charge in [-0.3, -0.25) is 4.79 Å². The van der Waals surface area contributed by atoms with E-state index in [1.54, 1.807) is 12.1 Å². The number of carbonyl (C=O) groups excluding carboxylic acids is 1. The van der Waals surface area contributed by atoms with Crippen molar-refractivity contribution in [3.8, 4) is 11.8 Å². The van der Waals surface area contributed by atoms with Crippen LogP contribution in [-0.2, 0) is 9.31 Å². The molecule has 152 valence electrons. The van der Waals surface area contributed by atoms with Crippen molar-refractivity contribution in [2.75, 3.05) is 0 Å². The van der Waals surface area contributed by atoms with Gasteiger partial charge in [-0.2, -0.15) is 5.26 Å². The van der Waals surface area contributed by atoms with Crippen molar-refractivity contribution in [2.24, 2.45) is 5.73 Å². The number of nitrogens with zero attached hydrogens (tertiary/aromatic N) is 2. The zero-order valence-corrected chi connectivity index (χ0v) is 17.8. The molecule has 0 spiro atoms. The summed E-state index contributed by atoms with van der Waals surface area (Å²) in [5.74, 6) is -0.466. The predicted molar refractivity (Wildman–Crippen MR) is 117 cm³/mol. The van der Waals surface area contributed by atoms with Gasteiger partial charge in [0.2, 0.25) is 5.91 Å². The van der Waals surface area contributed by atoms with E-state index in [1.807, 2.05) is 69.6 Å². The van der Waals surface area contributed by atoms with Gasteiger partial charge >= 0.3 is 7.12 Å². The second-order valence-electron chi connectivity index (χ2n) is 8.75. The molecular formula is C23H24BN3O3. The summed E-state index contributed by atoms with van der Waals surface area (Å²) in [5.41, 5.74) is 9.04. The number of amides is 1. The Bertz CT molecular complexity index is 1190. The number of primary amides is 1. The van der Waals surface area contributed by atoms with E-state index in [0.717, 1.165) is 27.6 Å². The molecule has 4 rings (SSSR count). The van der Waals surface area contributed by atoms with Crippen molar-refractivity contribution in [1.29, 1.82) is 5.26 Å². The Hall–Kier alpha value is -3.08. The molecule has 0 aliphatic carbocycles. The van der Waals surface area contributed by atoms with Gasteiger partial charge in [0.05, 0.1) is 28.4 Å². The fourth-order valence-corrected chi connectivity index (χ4v) is 3.68. The van der Waals surface area contributed by atoms with Crippen LogP contribution in [0.4, 0.5) is 0 Å². The number of fused-ring (bicyclic) bond motifs is 1. The largest absolute Gasteiger partial charge is 0.497 e. The number of nitriles is 1. The van der Waals surface area contributed by atoms with Crippen molar-refractivity contribution in [3.63, 3.8) is 0 Å². The lowest BCUT2D eigenvalue weighted by Gasteiger charge is -2.32. The van der Waals surface area contributed by atoms with Crippen molar-refractivity contribution in [2.45, 2.75) is 45.8 Å². The van der Waals surface area contributed by atoms with Gasteiger partial charge in [-0.25, -0.2) is 0 Å². The number of rotatable bonds is 3. The van der Waals surface area contributed by atoms with Gasteiger partial charge in [-0.1, -0.05) is 0 Å². The number of aromatic nitrogens is 1. The first-order chi connectivity index (χ1) is 14.0. The summed E-state index contributed by atoms with van der Waals surface area (Å²) in [5, 5.41) is 10.4. The van der Waals surface area contributed by atoms with Gasteiger partial charge < -0.3 is 19.6 Å². The van der Waals surface area contributed by atoms with Crippen LogP contribution in [0.15, 0.2) is 42.6 Å². The third kappa shape index (κ3) is 3.09. The number of hydrogen-bond acceptors (Lipinski definition) is 4. The minimum absolute atomic E-state index is 0.448. The number of aryl methyl sites for hydroxylation is 1. The lowest BCUT2D eigenvalue weighted by molar-refractivity contribution is 0.00578. The molecule has 1 aliphatic heterocycles. The maximum Gasteiger partial charge on any atom is 0.497 e. The molecule has 0 radical (unpaired) electrons. The van der Waals surface area contributed by atoms with E-state index in [9.17, 15) is 10.1 Å². The quantitative estimate of drug-likeness (QED) is 0.683. The summed E-state index contributed by atoms with van der Waals surface area (Å²) < 4.78 is 14.6. The summed E-state index contributed by atoms with van der Waals surface area (Å²) in [4.78, 5) is 11.4. The van der Waals surface area contributed by atoms with Gasteiger partial charge in [0.15, 0.2) is 0 Å². The smallest absolute Gasteiger partial charge is 0.399 e. The highest BCUT2D eigenvalue weighted by atomic mass is 16.7. The molecule has 1 fully saturated rings. The van der Waals surface area contributed by atoms with Crippen LogP contribution < -0.4 is 11.2 Å². The molecule has 0 atom stereocenters. The molecule has 30 heavy (non-hydrogen) atoms. The molecule has 7 heteroatoms. The standard InChI is InChI=1S/C23H24BN3O3/c1-14-10-20-18(11-16(14)12-25)19(24-29-22(2,3)23(4,5)30-24)13-27(20)17-8-6-15(7-9-17)21(26)28/h6-11,13H,1-5H3,(H2,26,28). The topological polar surface area (TPSA) is 90.3 Å². The first-order valence-corrected chi connectivity index (χ1v) is 9.85. The fourth-order valence-electron chi connectivity index (χ4n) is 3.68. The summed E-state index contributed by atoms with van der Waals surface area (Å²) >= 11 is 0. The van der Waals surface area contributed by atoms with Crippen LogP contribution >= 0.6 is 0 Å². The van der Waals surface area contributed by atoms with E-state index in [-0.39, 0.29) is 0 Å². The van der Waals surface area contributed by atoms with Gasteiger partial charge in [-0.05, 0) is 76.6 Å². The highest BCUT2D eigenvalue weighted by Gasteiger charge is 2.52. The van der Waals surface area contributed by atoms with E-state index < -0.39 is 24.2 Å². The van der Waals surface area contributed by atoms with Crippen molar-refractivity contribution in [3.05, 3.63) is 59.3 Å². The van der Waals surface area contributed by atoms with Crippen LogP contribution in [0.25, 0.3) is 16.6 Å². The fraction of sp³-hybridized carbons (Fsp3) is 0.304. The first kappa shape index (κ1) is 20.2. The van der Waals surface area contributed by atoms with Crippen molar-refractivity contribution in [1.82, 2.24) is 4.57 Å². The van der Waals surface area contributed by atoms with Crippen LogP contribution in [0.1, 0.15) is 49.2 Å². The number of benzene rings is 2. The lowest BCUT2D eigenvalue weighted by atomic mass is 9.78. The molecule has 3 aromatic rings. The molecule has 2 heterocycles. The third-order valence-electron chi connectivity index (χ3n) is 6.24. The molecule has 1 amide bonds. The minimum atomic E-state index is -0.558. The van der Waals surface area contributed by atoms with Crippen LogP contribution in [0, 0.1) is 18.3 Å². The van der Waals surface area contributed by atoms with Gasteiger partial charge in [0, 0.05) is 28.3 Å². The van der Waals surface area contributed by atoms with Crippen LogP contribution in [0.3, 0.4) is 0 Å². The van der Waals surface area contributed by atoms with Gasteiger partial charge in [0.1, 0.15) is 0 Å². The molecule has 2 N–H and O–H groups in total. The summed E-state index contributed by atoms with van der Waals surface area (Å²) in [6.07, 6.45) is 1.98. The third-order valence-corrected chi connectivity index (χ3v) is 6.24. The average molecular weight is 401 g/mol. The molecular weight excluding hydrogens is 377 g/mol. The SMILES string of the molecule is Cc1cc2c(cc1C#N)c(B1OC(C)(C)C(C)(C)O1)cn2-c1ccc(C(N)=O)cc1. The molecule has 0 saturated carbocycles. The number of carbonyl (C=O) groups is 1. The summed E-state index contributed by atoms with van der Waals surface area (Å²) in [7, 11) is -0.558. The lowest BCUT2D eigenvalue weighted by Crippen LogP contribution is -2.41. The second kappa shape index (κ2) is 6.73. The van der Waals surface area contributed by atoms with E-state index in [2.05, 4.69) is 6.07 Å². The highest BCUT2D eigenvalue weighted by Crippen LogP contribution is 2.37. The number of nitrogens with two attached hydrogens (primary N) is 1. The maximum atomic E-state index is 11.4. The summed E-state index contributed by atoms with van der Waals surface area (Å²) in [6, 6.07) is 13.2. The molecule has 6 nitrogen and oxygen atoms in total. The number of hydrogen-bond donors (Lipinski definition) is 1. The van der Waals surface area contributed by atoms with E-state index in [1.165, 1.54) is 0 Å². The van der Waals surface area contributed by atoms with Gasteiger partial charge in [0.25, 0.3) is 0 Å². The Morgan fingerprint density at radius 3 is 2.23 bits per heavy atom. The van der Waals surface area contributed by atoms with E-state index >= 15 is 0 Å². The van der Waals surface area contributed by atoms with E-state index in [0.29, 0.717) is 11.1 Å². The van der Waals surface area contributed by atoms with Crippen LogP contribution in [0.2, 0.25) is 0 Å². The maximum absolute atomic E-state index is 11.4. The Kier molecular flexibility index (Phi) is 4.53. The molecule has 0 bridgehead atoms. The first-order valence-electron chi connectivity index (χ1n) is 9.85. The molecule has 1 aliphatic rings. The normalized spacial score (nSPS) is 17.3. The molecule has 2 aromatic carbocycles. The van der Waals surface area contributed by atoms with E-state index in [4.69, 9.17) is 15.0 Å². The Morgan fingerprint density at radius 1 is 1.10 bits per heavy atom. The zero-order valence-electron chi connectivity index (χ0n) is 17.8. The van der Waals surface area contributed by atoms with Crippen molar-refractivity contribution < 1.29 is 14.1 Å².